The third kappa shape index (κ3) is 25.5. The largest absolute Gasteiger partial charge is 0.490 e. The van der Waals surface area contributed by atoms with Gasteiger partial charge in [-0.2, -0.15) is 13.2 Å². The van der Waals surface area contributed by atoms with Crippen molar-refractivity contribution in [1.29, 1.82) is 0 Å². The van der Waals surface area contributed by atoms with Crippen LogP contribution in [0.25, 0.3) is 22.5 Å². The van der Waals surface area contributed by atoms with Crippen molar-refractivity contribution >= 4 is 76.1 Å². The zero-order valence-electron chi connectivity index (χ0n) is 51.8. The number of aromatic nitrogens is 4. The minimum Gasteiger partial charge on any atom is -0.475 e. The van der Waals surface area contributed by atoms with Crippen molar-refractivity contribution in [2.24, 2.45) is 0 Å². The fraction of sp³-hybridized carbons (Fsp3) is 0.453. The fourth-order valence-electron chi connectivity index (χ4n) is 10.2. The first-order chi connectivity index (χ1) is 44.9. The lowest BCUT2D eigenvalue weighted by Crippen LogP contribution is -2.39. The molecule has 0 unspecified atom stereocenters. The van der Waals surface area contributed by atoms with Gasteiger partial charge in [0.1, 0.15) is 24.3 Å². The summed E-state index contributed by atoms with van der Waals surface area (Å²) >= 11 is 26.1. The van der Waals surface area contributed by atoms with Crippen molar-refractivity contribution in [2.45, 2.75) is 43.9 Å². The minimum absolute atomic E-state index is 0.128. The molecular formula is C64H79Cl4F3N12O10. The van der Waals surface area contributed by atoms with Crippen molar-refractivity contribution in [3.05, 3.63) is 151 Å². The second kappa shape index (κ2) is 39.2. The van der Waals surface area contributed by atoms with Gasteiger partial charge in [-0.05, 0) is 96.7 Å². The molecular weight excluding hydrogens is 1300 g/mol. The van der Waals surface area contributed by atoms with Crippen LogP contribution in [0, 0.1) is 0 Å². The Hall–Kier alpha value is -6.72. The Balaban J connectivity index is 0.00000165. The number of likely N-dealkylation sites (N-methyl/N-ethyl adjacent to an activating group) is 2. The minimum atomic E-state index is -5.08. The molecule has 22 nitrogen and oxygen atoms in total. The van der Waals surface area contributed by atoms with Gasteiger partial charge in [-0.15, -0.1) is 0 Å². The van der Waals surface area contributed by atoms with Gasteiger partial charge >= 0.3 is 24.2 Å². The highest BCUT2D eigenvalue weighted by atomic mass is 35.5. The van der Waals surface area contributed by atoms with E-state index in [0.29, 0.717) is 163 Å². The van der Waals surface area contributed by atoms with Gasteiger partial charge in [-0.3, -0.25) is 0 Å². The summed E-state index contributed by atoms with van der Waals surface area (Å²) in [6.45, 7) is 11.1. The number of benzene rings is 4. The van der Waals surface area contributed by atoms with Crippen LogP contribution in [0.1, 0.15) is 58.1 Å². The van der Waals surface area contributed by atoms with Gasteiger partial charge in [-0.1, -0.05) is 82.8 Å². The number of fused-ring (bicyclic) bond motifs is 2. The first-order valence-electron chi connectivity index (χ1n) is 30.4. The molecule has 0 saturated heterocycles. The second-order valence-corrected chi connectivity index (χ2v) is 23.3. The Morgan fingerprint density at radius 2 is 0.860 bits per heavy atom. The number of hydrogen-bond acceptors (Lipinski definition) is 17. The number of amides is 4. The summed E-state index contributed by atoms with van der Waals surface area (Å²) in [6.07, 6.45) is -0.544. The molecule has 4 heterocycles. The molecule has 2 aromatic heterocycles. The van der Waals surface area contributed by atoms with Crippen LogP contribution in [0.2, 0.25) is 20.1 Å². The number of aliphatic carboxylic acids is 1. The Labute approximate surface area is 559 Å². The molecule has 2 aliphatic heterocycles. The van der Waals surface area contributed by atoms with Crippen LogP contribution in [-0.2, 0) is 46.3 Å². The SMILES string of the molecule is CN1Cc2c(Cl)cc(Cl)cc2[C@H](c2cccc(-c3cc(NCCOCCOCCOCCNC(=O)NCCCCNC(=O)NCCOCCOCCOCCNc4cc(-c5cccc([C@@H]6CN(C)Cc7c(Cl)cc(Cl)cc76)c5)ncn4)ncn3)c2)C1.O=C(O)C(F)(F)F. The molecule has 0 bridgehead atoms. The maximum atomic E-state index is 12.1. The third-order valence-corrected chi connectivity index (χ3v) is 15.7. The number of anilines is 2. The molecule has 2 aliphatic rings. The predicted molar refractivity (Wildman–Crippen MR) is 352 cm³/mol. The molecule has 0 spiro atoms. The molecule has 4 aromatic carbocycles. The van der Waals surface area contributed by atoms with E-state index in [9.17, 15) is 22.8 Å². The van der Waals surface area contributed by atoms with Crippen molar-refractivity contribution < 1.29 is 61.1 Å². The number of carboxylic acid groups (broad SMARTS) is 1. The molecule has 7 N–H and O–H groups in total. The number of unbranched alkanes of at least 4 members (excludes halogenated alkanes) is 1. The molecule has 2 atom stereocenters. The van der Waals surface area contributed by atoms with Crippen LogP contribution in [0.5, 0.6) is 0 Å². The van der Waals surface area contributed by atoms with E-state index in [1.165, 1.54) is 22.3 Å². The Morgan fingerprint density at radius 1 is 0.505 bits per heavy atom. The average Bonchev–Trinajstić information content (AvgIpc) is 0.802. The summed E-state index contributed by atoms with van der Waals surface area (Å²) in [5.74, 6) is -1.08. The first-order valence-corrected chi connectivity index (χ1v) is 31.9. The summed E-state index contributed by atoms with van der Waals surface area (Å²) in [6, 6.07) is 27.9. The number of ether oxygens (including phenoxy) is 6. The van der Waals surface area contributed by atoms with E-state index >= 15 is 0 Å². The normalized spacial score (nSPS) is 14.7. The molecule has 6 aromatic rings. The van der Waals surface area contributed by atoms with E-state index < -0.39 is 12.1 Å². The average molecular weight is 1380 g/mol. The topological polar surface area (TPSA) is 257 Å². The summed E-state index contributed by atoms with van der Waals surface area (Å²) in [4.78, 5) is 55.6. The number of alkyl halides is 3. The van der Waals surface area contributed by atoms with Crippen LogP contribution < -0.4 is 31.9 Å². The molecule has 0 radical (unpaired) electrons. The highest BCUT2D eigenvalue weighted by Crippen LogP contribution is 2.41. The maximum absolute atomic E-state index is 12.1. The summed E-state index contributed by atoms with van der Waals surface area (Å²) in [5.41, 5.74) is 10.5. The van der Waals surface area contributed by atoms with Crippen LogP contribution in [-0.4, -0.2) is 205 Å². The van der Waals surface area contributed by atoms with Gasteiger partial charge in [-0.25, -0.2) is 34.3 Å². The number of hydrogen-bond donors (Lipinski definition) is 7. The van der Waals surface area contributed by atoms with E-state index in [2.05, 4.69) is 124 Å². The number of nitrogens with one attached hydrogen (secondary N) is 6. The van der Waals surface area contributed by atoms with E-state index in [1.54, 1.807) is 12.7 Å². The fourth-order valence-corrected chi connectivity index (χ4v) is 11.3. The molecule has 0 aliphatic carbocycles. The van der Waals surface area contributed by atoms with E-state index in [0.717, 1.165) is 59.8 Å². The van der Waals surface area contributed by atoms with Gasteiger partial charge in [0.2, 0.25) is 0 Å². The predicted octanol–water partition coefficient (Wildman–Crippen LogP) is 10.0. The molecule has 504 valence electrons. The van der Waals surface area contributed by atoms with Crippen LogP contribution in [0.3, 0.4) is 0 Å². The lowest BCUT2D eigenvalue weighted by atomic mass is 9.84. The lowest BCUT2D eigenvalue weighted by molar-refractivity contribution is -0.192. The van der Waals surface area contributed by atoms with Crippen molar-refractivity contribution in [3.8, 4) is 22.5 Å². The highest BCUT2D eigenvalue weighted by Gasteiger charge is 2.38. The molecule has 0 fully saturated rings. The van der Waals surface area contributed by atoms with Gasteiger partial charge in [0, 0.05) is 121 Å². The third-order valence-electron chi connectivity index (χ3n) is 14.6. The van der Waals surface area contributed by atoms with Gasteiger partial charge in [0.05, 0.1) is 90.7 Å². The van der Waals surface area contributed by atoms with Crippen molar-refractivity contribution in [3.63, 3.8) is 0 Å². The Morgan fingerprint density at radius 3 is 1.24 bits per heavy atom. The number of nitrogens with zero attached hydrogens (tertiary/aromatic N) is 6. The number of rotatable bonds is 35. The first kappa shape index (κ1) is 73.7. The van der Waals surface area contributed by atoms with Crippen LogP contribution >= 0.6 is 46.4 Å². The molecule has 0 saturated carbocycles. The summed E-state index contributed by atoms with van der Waals surface area (Å²) < 4.78 is 65.6. The van der Waals surface area contributed by atoms with Crippen LogP contribution in [0.4, 0.5) is 34.4 Å². The van der Waals surface area contributed by atoms with Gasteiger partial charge in [0.15, 0.2) is 0 Å². The number of carbonyl (C=O) groups excluding carboxylic acids is 2. The smallest absolute Gasteiger partial charge is 0.475 e. The molecule has 4 amide bonds. The van der Waals surface area contributed by atoms with Crippen molar-refractivity contribution in [2.75, 3.05) is 156 Å². The van der Waals surface area contributed by atoms with E-state index in [1.807, 2.05) is 36.4 Å². The Kier molecular flexibility index (Phi) is 31.1. The number of carbonyl (C=O) groups is 3. The quantitative estimate of drug-likeness (QED) is 0.0183. The number of carboxylic acids is 1. The van der Waals surface area contributed by atoms with Gasteiger partial charge < -0.3 is 75.2 Å². The lowest BCUT2D eigenvalue weighted by Gasteiger charge is -2.33. The summed E-state index contributed by atoms with van der Waals surface area (Å²) in [5, 5.41) is 27.6. The zero-order chi connectivity index (χ0) is 66.4. The highest BCUT2D eigenvalue weighted by molar-refractivity contribution is 6.35. The standard InChI is InChI=1S/C62H78Cl4N12O8.C2HF3O2/c1-77-37-51(49-31-47(63)33-55(65)53(49)39-77)43-7-5-9-45(29-43)57-35-59(75-41-73-57)67-13-17-81-21-25-85-27-23-83-19-15-71-61(79)69-11-3-4-12-70-62(80)72-16-20-84-24-28-86-26-22-82-18-14-68-60-36-58(74-42-76-60)46-10-6-8-44(30-46)52-38-78(2)40-54-50(52)32-48(64)34-56(54)66;3-2(4,5)1(6)7/h5-10,29-36,41-42,51-52H,3-4,11-28,37-40H2,1-2H3,(H,67,73,75)(H,68,74,76)(H2,69,71,79)(H2,70,72,80);(H,6,7)/t51-,52-;/m0./s1. The number of halogens is 7. The molecule has 29 heteroatoms. The second-order valence-electron chi connectivity index (χ2n) is 21.6. The van der Waals surface area contributed by atoms with Crippen LogP contribution in [0.15, 0.2) is 97.6 Å². The summed E-state index contributed by atoms with van der Waals surface area (Å²) in [7, 11) is 4.21. The zero-order valence-corrected chi connectivity index (χ0v) is 54.8. The van der Waals surface area contributed by atoms with Crippen molar-refractivity contribution in [1.82, 2.24) is 51.0 Å². The number of urea groups is 2. The van der Waals surface area contributed by atoms with Gasteiger partial charge in [0.25, 0.3) is 0 Å². The molecule has 93 heavy (non-hydrogen) atoms. The Bertz CT molecular complexity index is 3130. The van der Waals surface area contributed by atoms with E-state index in [4.69, 9.17) is 84.7 Å². The monoisotopic (exact) mass is 1370 g/mol. The molecule has 8 rings (SSSR count). The van der Waals surface area contributed by atoms with E-state index in [-0.39, 0.29) is 23.9 Å². The maximum Gasteiger partial charge on any atom is 0.490 e.